The van der Waals surface area contributed by atoms with Crippen LogP contribution in [0.3, 0.4) is 0 Å². The van der Waals surface area contributed by atoms with Crippen LogP contribution in [0.25, 0.3) is 123 Å². The molecule has 0 aliphatic rings. The van der Waals surface area contributed by atoms with Gasteiger partial charge in [0.25, 0.3) is 0 Å². The van der Waals surface area contributed by atoms with Crippen molar-refractivity contribution in [2.45, 2.75) is 0 Å². The van der Waals surface area contributed by atoms with Gasteiger partial charge in [0.05, 0.1) is 34.6 Å². The lowest BCUT2D eigenvalue weighted by molar-refractivity contribution is 0.951. The molecule has 8 nitrogen and oxygen atoms in total. The highest BCUT2D eigenvalue weighted by molar-refractivity contribution is 6.11. The lowest BCUT2D eigenvalue weighted by atomic mass is 10.0. The first kappa shape index (κ1) is 34.0. The van der Waals surface area contributed by atoms with E-state index in [2.05, 4.69) is 39.5 Å². The summed E-state index contributed by atoms with van der Waals surface area (Å²) in [5.41, 5.74) is 8.51. The summed E-state index contributed by atoms with van der Waals surface area (Å²) in [6, 6.07) is 64.0. The zero-order valence-corrected chi connectivity index (χ0v) is 36.1. The third-order valence-electron chi connectivity index (χ3n) is 12.3. The Balaban J connectivity index is 1.13. The molecule has 68 heavy (non-hydrogen) atoms. The zero-order valence-electron chi connectivity index (χ0n) is 41.1. The number of hydrogen-bond acceptors (Lipinski definition) is 6. The maximum atomic E-state index is 8.95. The molecule has 9 aromatic carbocycles. The average Bonchev–Trinajstić information content (AvgIpc) is 3.97. The van der Waals surface area contributed by atoms with Crippen LogP contribution >= 0.6 is 0 Å². The summed E-state index contributed by atoms with van der Waals surface area (Å²) >= 11 is 0. The van der Waals surface area contributed by atoms with Gasteiger partial charge in [-0.2, -0.15) is 9.97 Å². The minimum absolute atomic E-state index is 0.111. The normalized spacial score (nSPS) is 12.6. The Morgan fingerprint density at radius 3 is 1.28 bits per heavy atom. The van der Waals surface area contributed by atoms with Gasteiger partial charge < -0.3 is 4.57 Å². The molecule has 0 amide bonds. The molecular weight excluding hydrogens is 833 g/mol. The second kappa shape index (κ2) is 16.2. The molecule has 4 heterocycles. The van der Waals surface area contributed by atoms with Crippen molar-refractivity contribution in [3.8, 4) is 79.7 Å². The molecule has 0 fully saturated rings. The van der Waals surface area contributed by atoms with Crippen molar-refractivity contribution in [2.24, 2.45) is 0 Å². The highest BCUT2D eigenvalue weighted by Crippen LogP contribution is 2.40. The Hall–Kier alpha value is -9.40. The first-order valence-corrected chi connectivity index (χ1v) is 22.2. The van der Waals surface area contributed by atoms with E-state index in [1.165, 1.54) is 0 Å². The fraction of sp³-hybridized carbons (Fsp3) is 0. The van der Waals surface area contributed by atoms with Crippen molar-refractivity contribution in [1.29, 1.82) is 0 Å². The SMILES string of the molecule is [2H]c1c([2H])c([2H])c(-c2ccc3c4ccccc4n(-c4ccc(-c5nc(-c6ccccc6)nc(-c6ccccc6)n5)cc4-c4nc(-c5ccccc5)nc(-n5c6ccccc6c6ccccc65)n4)c3c2)c([2H])c1[2H]. The van der Waals surface area contributed by atoms with Gasteiger partial charge in [-0.3, -0.25) is 4.57 Å². The van der Waals surface area contributed by atoms with E-state index in [4.69, 9.17) is 36.8 Å². The van der Waals surface area contributed by atoms with E-state index in [0.29, 0.717) is 57.4 Å². The summed E-state index contributed by atoms with van der Waals surface area (Å²) in [4.78, 5) is 31.3. The van der Waals surface area contributed by atoms with Crippen LogP contribution in [0, 0.1) is 0 Å². The second-order valence-corrected chi connectivity index (χ2v) is 16.4. The molecule has 13 rings (SSSR count). The summed E-state index contributed by atoms with van der Waals surface area (Å²) < 4.78 is 47.5. The smallest absolute Gasteiger partial charge is 0.238 e. The maximum absolute atomic E-state index is 8.95. The predicted molar refractivity (Wildman–Crippen MR) is 275 cm³/mol. The Labute approximate surface area is 398 Å². The van der Waals surface area contributed by atoms with Gasteiger partial charge in [0, 0.05) is 49.4 Å². The highest BCUT2D eigenvalue weighted by Gasteiger charge is 2.23. The zero-order chi connectivity index (χ0) is 49.3. The van der Waals surface area contributed by atoms with Crippen LogP contribution in [-0.4, -0.2) is 39.0 Å². The van der Waals surface area contributed by atoms with Crippen LogP contribution < -0.4 is 0 Å². The Bertz CT molecular complexity index is 4190. The Morgan fingerprint density at radius 1 is 0.294 bits per heavy atom. The molecule has 0 aliphatic carbocycles. The summed E-state index contributed by atoms with van der Waals surface area (Å²) in [5.74, 6) is 2.71. The molecule has 0 saturated heterocycles. The van der Waals surface area contributed by atoms with Crippen molar-refractivity contribution < 1.29 is 6.85 Å². The number of para-hydroxylation sites is 3. The number of nitrogens with zero attached hydrogens (tertiary/aromatic N) is 8. The average molecular weight is 876 g/mol. The molecule has 8 heteroatoms. The lowest BCUT2D eigenvalue weighted by Gasteiger charge is -2.17. The molecule has 0 unspecified atom stereocenters. The molecule has 0 radical (unpaired) electrons. The molecule has 0 aliphatic heterocycles. The molecule has 0 atom stereocenters. The van der Waals surface area contributed by atoms with E-state index < -0.39 is 18.1 Å². The van der Waals surface area contributed by atoms with Crippen LogP contribution in [-0.2, 0) is 0 Å². The first-order chi connectivity index (χ1) is 35.8. The predicted octanol–water partition coefficient (Wildman–Crippen LogP) is 14.3. The van der Waals surface area contributed by atoms with Crippen LogP contribution in [0.1, 0.15) is 6.85 Å². The molecule has 0 N–H and O–H groups in total. The van der Waals surface area contributed by atoms with Crippen molar-refractivity contribution in [3.05, 3.63) is 230 Å². The third kappa shape index (κ3) is 6.70. The topological polar surface area (TPSA) is 87.2 Å². The maximum Gasteiger partial charge on any atom is 0.238 e. The van der Waals surface area contributed by atoms with Crippen molar-refractivity contribution in [2.75, 3.05) is 0 Å². The van der Waals surface area contributed by atoms with Crippen LogP contribution in [0.5, 0.6) is 0 Å². The monoisotopic (exact) mass is 875 g/mol. The molecule has 0 spiro atoms. The van der Waals surface area contributed by atoms with E-state index >= 15 is 0 Å². The van der Waals surface area contributed by atoms with E-state index in [-0.39, 0.29) is 17.6 Å². The number of benzene rings is 9. The molecule has 318 valence electrons. The first-order valence-electron chi connectivity index (χ1n) is 24.7. The molecule has 0 bridgehead atoms. The molecular formula is C60H38N8. The molecule has 4 aromatic heterocycles. The van der Waals surface area contributed by atoms with E-state index in [9.17, 15) is 0 Å². The summed E-state index contributed by atoms with van der Waals surface area (Å²) in [6.07, 6.45) is 0. The van der Waals surface area contributed by atoms with Gasteiger partial charge in [0.2, 0.25) is 5.95 Å². The Morgan fingerprint density at radius 2 is 0.721 bits per heavy atom. The highest BCUT2D eigenvalue weighted by atomic mass is 15.2. The van der Waals surface area contributed by atoms with Gasteiger partial charge in [-0.1, -0.05) is 188 Å². The standard InChI is InChI=1S/C60H38N8/c1-5-19-39(20-6-1)43-33-35-48-47-29-13-16-30-50(47)67(54(48)38-43)53-36-34-44(58-62-55(40-21-7-2-8-22-40)61-56(63-58)41-23-9-3-10-24-41)37-49(53)59-64-57(42-25-11-4-12-26-42)65-60(66-59)68-51-31-17-14-27-45(51)46-28-15-18-32-52(46)68/h1-38H/i1D,5D,6D,19D,20D. The van der Waals surface area contributed by atoms with Gasteiger partial charge in [-0.25, -0.2) is 19.9 Å². The molecule has 0 saturated carbocycles. The van der Waals surface area contributed by atoms with Gasteiger partial charge in [0.15, 0.2) is 29.1 Å². The Kier molecular flexibility index (Phi) is 8.12. The van der Waals surface area contributed by atoms with Crippen LogP contribution in [0.2, 0.25) is 0 Å². The third-order valence-corrected chi connectivity index (χ3v) is 12.3. The second-order valence-electron chi connectivity index (χ2n) is 16.4. The summed E-state index contributed by atoms with van der Waals surface area (Å²) in [6.45, 7) is 0. The fourth-order valence-electron chi connectivity index (χ4n) is 9.21. The van der Waals surface area contributed by atoms with Crippen molar-refractivity contribution in [1.82, 2.24) is 39.0 Å². The quantitative estimate of drug-likeness (QED) is 0.151. The lowest BCUT2D eigenvalue weighted by Crippen LogP contribution is -2.08. The fourth-order valence-corrected chi connectivity index (χ4v) is 9.21. The van der Waals surface area contributed by atoms with E-state index in [1.807, 2.05) is 170 Å². The van der Waals surface area contributed by atoms with E-state index in [0.717, 1.165) is 60.3 Å². The number of fused-ring (bicyclic) bond motifs is 6. The van der Waals surface area contributed by atoms with Crippen LogP contribution in [0.4, 0.5) is 0 Å². The van der Waals surface area contributed by atoms with Gasteiger partial charge in [-0.05, 0) is 53.6 Å². The van der Waals surface area contributed by atoms with Gasteiger partial charge in [0.1, 0.15) is 0 Å². The van der Waals surface area contributed by atoms with Crippen molar-refractivity contribution >= 4 is 43.6 Å². The van der Waals surface area contributed by atoms with Crippen LogP contribution in [0.15, 0.2) is 230 Å². The minimum atomic E-state index is -0.448. The van der Waals surface area contributed by atoms with Crippen molar-refractivity contribution in [3.63, 3.8) is 0 Å². The summed E-state index contributed by atoms with van der Waals surface area (Å²) in [5, 5.41) is 3.96. The molecule has 13 aromatic rings. The number of hydrogen-bond donors (Lipinski definition) is 0. The number of rotatable bonds is 8. The largest absolute Gasteiger partial charge is 0.308 e. The van der Waals surface area contributed by atoms with E-state index in [1.54, 1.807) is 0 Å². The van der Waals surface area contributed by atoms with Gasteiger partial charge >= 0.3 is 0 Å². The minimum Gasteiger partial charge on any atom is -0.308 e. The number of aromatic nitrogens is 8. The summed E-state index contributed by atoms with van der Waals surface area (Å²) in [7, 11) is 0. The van der Waals surface area contributed by atoms with Gasteiger partial charge in [-0.15, -0.1) is 0 Å².